The lowest BCUT2D eigenvalue weighted by atomic mass is 10.4. The van der Waals surface area contributed by atoms with Gasteiger partial charge in [0, 0.05) is 20.3 Å². The third-order valence-corrected chi connectivity index (χ3v) is 1.93. The van der Waals surface area contributed by atoms with E-state index < -0.39 is 0 Å². The minimum atomic E-state index is 0.527. The third kappa shape index (κ3) is 4.97. The number of ether oxygens (including phenoxy) is 2. The largest absolute Gasteiger partial charge is 0.462 e. The lowest BCUT2D eigenvalue weighted by molar-refractivity contribution is 0.148. The Morgan fingerprint density at radius 3 is 2.87 bits per heavy atom. The van der Waals surface area contributed by atoms with Crippen LogP contribution in [-0.4, -0.2) is 26.9 Å². The Labute approximate surface area is 90.6 Å². The standard InChI is InChI=1S/C11H19NO3/c1-3-14-7-6-12-8-10-4-5-11(15-10)9-13-2/h4-5,12H,3,6-9H2,1-2H3. The fourth-order valence-electron chi connectivity index (χ4n) is 1.24. The van der Waals surface area contributed by atoms with Gasteiger partial charge in [0.1, 0.15) is 18.1 Å². The van der Waals surface area contributed by atoms with Crippen LogP contribution in [0.2, 0.25) is 0 Å². The first-order chi connectivity index (χ1) is 7.36. The van der Waals surface area contributed by atoms with Crippen molar-refractivity contribution in [2.45, 2.75) is 20.1 Å². The molecule has 15 heavy (non-hydrogen) atoms. The highest BCUT2D eigenvalue weighted by Crippen LogP contribution is 2.08. The van der Waals surface area contributed by atoms with Crippen LogP contribution in [0.3, 0.4) is 0 Å². The Bertz CT molecular complexity index is 260. The van der Waals surface area contributed by atoms with Gasteiger partial charge in [-0.25, -0.2) is 0 Å². The van der Waals surface area contributed by atoms with Gasteiger partial charge in [-0.15, -0.1) is 0 Å². The van der Waals surface area contributed by atoms with Crippen molar-refractivity contribution >= 4 is 0 Å². The van der Waals surface area contributed by atoms with Gasteiger partial charge in [0.15, 0.2) is 0 Å². The zero-order valence-corrected chi connectivity index (χ0v) is 9.41. The van der Waals surface area contributed by atoms with Crippen LogP contribution >= 0.6 is 0 Å². The molecule has 1 aromatic rings. The molecular weight excluding hydrogens is 194 g/mol. The number of furan rings is 1. The summed E-state index contributed by atoms with van der Waals surface area (Å²) in [6, 6.07) is 3.89. The van der Waals surface area contributed by atoms with E-state index in [0.29, 0.717) is 6.61 Å². The molecule has 0 saturated heterocycles. The molecule has 1 aromatic heterocycles. The molecule has 0 bridgehead atoms. The van der Waals surface area contributed by atoms with Crippen LogP contribution < -0.4 is 5.32 Å². The molecule has 0 aliphatic rings. The summed E-state index contributed by atoms with van der Waals surface area (Å²) in [5.74, 6) is 1.79. The van der Waals surface area contributed by atoms with E-state index in [2.05, 4.69) is 5.32 Å². The molecule has 0 atom stereocenters. The summed E-state index contributed by atoms with van der Waals surface area (Å²) in [5.41, 5.74) is 0. The molecule has 0 unspecified atom stereocenters. The van der Waals surface area contributed by atoms with E-state index in [-0.39, 0.29) is 0 Å². The molecule has 0 saturated carbocycles. The van der Waals surface area contributed by atoms with Gasteiger partial charge < -0.3 is 19.2 Å². The first kappa shape index (κ1) is 12.2. The molecule has 4 nitrogen and oxygen atoms in total. The number of nitrogens with one attached hydrogen (secondary N) is 1. The molecule has 0 aliphatic carbocycles. The molecule has 4 heteroatoms. The predicted molar refractivity (Wildman–Crippen MR) is 57.6 cm³/mol. The fraction of sp³-hybridized carbons (Fsp3) is 0.636. The van der Waals surface area contributed by atoms with Crippen LogP contribution in [0.4, 0.5) is 0 Å². The molecule has 0 spiro atoms. The van der Waals surface area contributed by atoms with Crippen molar-refractivity contribution in [3.05, 3.63) is 23.7 Å². The Morgan fingerprint density at radius 1 is 1.33 bits per heavy atom. The Hall–Kier alpha value is -0.840. The molecule has 0 amide bonds. The Morgan fingerprint density at radius 2 is 2.13 bits per heavy atom. The van der Waals surface area contributed by atoms with Crippen LogP contribution in [0, 0.1) is 0 Å². The Kier molecular flexibility index (Phi) is 6.08. The molecule has 0 aliphatic heterocycles. The van der Waals surface area contributed by atoms with E-state index >= 15 is 0 Å². The van der Waals surface area contributed by atoms with Gasteiger partial charge in [-0.2, -0.15) is 0 Å². The summed E-state index contributed by atoms with van der Waals surface area (Å²) in [6.45, 7) is 5.59. The second-order valence-electron chi connectivity index (χ2n) is 3.17. The molecule has 0 aromatic carbocycles. The zero-order chi connectivity index (χ0) is 10.9. The first-order valence-corrected chi connectivity index (χ1v) is 5.21. The number of methoxy groups -OCH3 is 1. The molecule has 0 radical (unpaired) electrons. The third-order valence-electron chi connectivity index (χ3n) is 1.93. The predicted octanol–water partition coefficient (Wildman–Crippen LogP) is 1.55. The summed E-state index contributed by atoms with van der Waals surface area (Å²) >= 11 is 0. The van der Waals surface area contributed by atoms with E-state index in [0.717, 1.165) is 37.8 Å². The maximum atomic E-state index is 5.50. The fourth-order valence-corrected chi connectivity index (χ4v) is 1.24. The number of rotatable bonds is 8. The zero-order valence-electron chi connectivity index (χ0n) is 9.41. The van der Waals surface area contributed by atoms with Crippen molar-refractivity contribution in [3.63, 3.8) is 0 Å². The smallest absolute Gasteiger partial charge is 0.129 e. The van der Waals surface area contributed by atoms with E-state index in [1.807, 2.05) is 19.1 Å². The molecule has 0 fully saturated rings. The molecule has 86 valence electrons. The minimum absolute atomic E-state index is 0.527. The molecular formula is C11H19NO3. The van der Waals surface area contributed by atoms with E-state index in [4.69, 9.17) is 13.9 Å². The monoisotopic (exact) mass is 213 g/mol. The van der Waals surface area contributed by atoms with Gasteiger partial charge in [0.25, 0.3) is 0 Å². The summed E-state index contributed by atoms with van der Waals surface area (Å²) in [5, 5.41) is 3.23. The van der Waals surface area contributed by atoms with E-state index in [1.54, 1.807) is 7.11 Å². The second kappa shape index (κ2) is 7.45. The first-order valence-electron chi connectivity index (χ1n) is 5.21. The van der Waals surface area contributed by atoms with E-state index in [9.17, 15) is 0 Å². The van der Waals surface area contributed by atoms with Crippen LogP contribution in [0.1, 0.15) is 18.4 Å². The van der Waals surface area contributed by atoms with E-state index in [1.165, 1.54) is 0 Å². The van der Waals surface area contributed by atoms with Gasteiger partial charge in [0.2, 0.25) is 0 Å². The lowest BCUT2D eigenvalue weighted by Gasteiger charge is -2.02. The summed E-state index contributed by atoms with van der Waals surface area (Å²) in [4.78, 5) is 0. The van der Waals surface area contributed by atoms with Gasteiger partial charge in [0.05, 0.1) is 13.2 Å². The number of hydrogen-bond acceptors (Lipinski definition) is 4. The van der Waals surface area contributed by atoms with Crippen molar-refractivity contribution in [2.24, 2.45) is 0 Å². The topological polar surface area (TPSA) is 43.6 Å². The maximum absolute atomic E-state index is 5.50. The number of hydrogen-bond donors (Lipinski definition) is 1. The van der Waals surface area contributed by atoms with Gasteiger partial charge >= 0.3 is 0 Å². The second-order valence-corrected chi connectivity index (χ2v) is 3.17. The highest BCUT2D eigenvalue weighted by atomic mass is 16.5. The van der Waals surface area contributed by atoms with Crippen molar-refractivity contribution in [3.8, 4) is 0 Å². The van der Waals surface area contributed by atoms with Gasteiger partial charge in [-0.1, -0.05) is 0 Å². The summed E-state index contributed by atoms with van der Waals surface area (Å²) in [6.07, 6.45) is 0. The average Bonchev–Trinajstić information content (AvgIpc) is 2.66. The van der Waals surface area contributed by atoms with Gasteiger partial charge in [-0.05, 0) is 19.1 Å². The van der Waals surface area contributed by atoms with Crippen molar-refractivity contribution < 1.29 is 13.9 Å². The van der Waals surface area contributed by atoms with Crippen LogP contribution in [0.25, 0.3) is 0 Å². The van der Waals surface area contributed by atoms with Crippen LogP contribution in [0.15, 0.2) is 16.5 Å². The SMILES string of the molecule is CCOCCNCc1ccc(COC)o1. The lowest BCUT2D eigenvalue weighted by Crippen LogP contribution is -2.18. The van der Waals surface area contributed by atoms with Crippen LogP contribution in [0.5, 0.6) is 0 Å². The highest BCUT2D eigenvalue weighted by Gasteiger charge is 2.00. The summed E-state index contributed by atoms with van der Waals surface area (Å²) in [7, 11) is 1.66. The highest BCUT2D eigenvalue weighted by molar-refractivity contribution is 5.06. The summed E-state index contributed by atoms with van der Waals surface area (Å²) < 4.78 is 15.7. The van der Waals surface area contributed by atoms with Gasteiger partial charge in [-0.3, -0.25) is 0 Å². The quantitative estimate of drug-likeness (QED) is 0.665. The normalized spacial score (nSPS) is 10.8. The minimum Gasteiger partial charge on any atom is -0.462 e. The molecule has 1 heterocycles. The van der Waals surface area contributed by atoms with Crippen molar-refractivity contribution in [1.82, 2.24) is 5.32 Å². The van der Waals surface area contributed by atoms with Crippen molar-refractivity contribution in [2.75, 3.05) is 26.9 Å². The van der Waals surface area contributed by atoms with Crippen molar-refractivity contribution in [1.29, 1.82) is 0 Å². The Balaban J connectivity index is 2.14. The average molecular weight is 213 g/mol. The molecule has 1 N–H and O–H groups in total. The van der Waals surface area contributed by atoms with Crippen LogP contribution in [-0.2, 0) is 22.6 Å². The molecule has 1 rings (SSSR count). The maximum Gasteiger partial charge on any atom is 0.129 e.